The average molecular weight is 493 g/mol. The highest BCUT2D eigenvalue weighted by Crippen LogP contribution is 2.27. The monoisotopic (exact) mass is 492 g/mol. The molecule has 0 aliphatic carbocycles. The number of ether oxygens (including phenoxy) is 2. The number of anilines is 1. The van der Waals surface area contributed by atoms with Gasteiger partial charge in [0.05, 0.1) is 36.0 Å². The molecule has 0 saturated carbocycles. The molecule has 2 aromatic carbocycles. The molecule has 0 aromatic heterocycles. The first-order chi connectivity index (χ1) is 14.7. The molecule has 3 rings (SSSR count). The number of nitro benzene ring substituents is 1. The van der Waals surface area contributed by atoms with E-state index in [1.165, 1.54) is 31.3 Å². The van der Waals surface area contributed by atoms with Crippen LogP contribution in [0.25, 0.3) is 0 Å². The minimum Gasteiger partial charge on any atom is -0.465 e. The van der Waals surface area contributed by atoms with Gasteiger partial charge in [0.15, 0.2) is 0 Å². The highest BCUT2D eigenvalue weighted by Gasteiger charge is 2.25. The van der Waals surface area contributed by atoms with Crippen molar-refractivity contribution in [3.8, 4) is 0 Å². The van der Waals surface area contributed by atoms with Crippen LogP contribution in [-0.2, 0) is 14.3 Å². The number of carbonyl (C=O) groups is 3. The van der Waals surface area contributed by atoms with Crippen molar-refractivity contribution in [1.82, 2.24) is 0 Å². The summed E-state index contributed by atoms with van der Waals surface area (Å²) in [7, 11) is 2.57. The van der Waals surface area contributed by atoms with E-state index in [2.05, 4.69) is 25.4 Å². The lowest BCUT2D eigenvalue weighted by atomic mass is 10.1. The van der Waals surface area contributed by atoms with Crippen LogP contribution in [0.4, 0.5) is 11.4 Å². The van der Waals surface area contributed by atoms with E-state index in [4.69, 9.17) is 0 Å². The van der Waals surface area contributed by atoms with E-state index < -0.39 is 10.9 Å². The van der Waals surface area contributed by atoms with Gasteiger partial charge in [0.2, 0.25) is 5.91 Å². The van der Waals surface area contributed by atoms with Crippen molar-refractivity contribution < 1.29 is 28.8 Å². The molecule has 1 heterocycles. The molecular formula is C21H21BrN2O7. The predicted molar refractivity (Wildman–Crippen MR) is 116 cm³/mol. The zero-order valence-electron chi connectivity index (χ0n) is 17.2. The SMILES string of the molecule is COC(=O)c1cc(C)cc(Br)c1.COC(=O)c1cc(N2CCCC2=O)cc([N+](=O)[O-])c1. The quantitative estimate of drug-likeness (QED) is 0.358. The number of amides is 1. The number of nitrogens with zero attached hydrogens (tertiary/aromatic N) is 2. The number of carbonyl (C=O) groups excluding carboxylic acids is 3. The molecule has 1 saturated heterocycles. The maximum atomic E-state index is 11.6. The summed E-state index contributed by atoms with van der Waals surface area (Å²) >= 11 is 3.30. The number of benzene rings is 2. The lowest BCUT2D eigenvalue weighted by Gasteiger charge is -2.16. The lowest BCUT2D eigenvalue weighted by Crippen LogP contribution is -2.24. The summed E-state index contributed by atoms with van der Waals surface area (Å²) in [5.74, 6) is -1.08. The Balaban J connectivity index is 0.000000245. The van der Waals surface area contributed by atoms with Gasteiger partial charge in [0, 0.05) is 29.6 Å². The molecule has 1 aliphatic rings. The van der Waals surface area contributed by atoms with Crippen LogP contribution in [0.15, 0.2) is 40.9 Å². The standard InChI is InChI=1S/C12H12N2O5.C9H9BrO2/c1-19-12(16)8-5-9(7-10(6-8)14(17)18)13-4-2-3-11(13)15;1-6-3-7(9(11)12-2)5-8(10)4-6/h5-7H,2-4H2,1H3;3-5H,1-2H3. The summed E-state index contributed by atoms with van der Waals surface area (Å²) in [6, 6.07) is 9.31. The third kappa shape index (κ3) is 6.35. The van der Waals surface area contributed by atoms with Crippen LogP contribution in [0.1, 0.15) is 39.1 Å². The second-order valence-corrected chi connectivity index (χ2v) is 7.56. The van der Waals surface area contributed by atoms with Crippen LogP contribution in [-0.4, -0.2) is 43.5 Å². The molecule has 31 heavy (non-hydrogen) atoms. The van der Waals surface area contributed by atoms with Crippen LogP contribution in [0, 0.1) is 17.0 Å². The fourth-order valence-corrected chi connectivity index (χ4v) is 3.59. The molecular weight excluding hydrogens is 472 g/mol. The number of hydrogen-bond donors (Lipinski definition) is 0. The maximum Gasteiger partial charge on any atom is 0.338 e. The lowest BCUT2D eigenvalue weighted by molar-refractivity contribution is -0.384. The topological polar surface area (TPSA) is 116 Å². The van der Waals surface area contributed by atoms with Gasteiger partial charge in [-0.15, -0.1) is 0 Å². The molecule has 1 amide bonds. The highest BCUT2D eigenvalue weighted by molar-refractivity contribution is 9.10. The van der Waals surface area contributed by atoms with Crippen LogP contribution >= 0.6 is 15.9 Å². The van der Waals surface area contributed by atoms with Crippen molar-refractivity contribution in [2.45, 2.75) is 19.8 Å². The van der Waals surface area contributed by atoms with Gasteiger partial charge in [-0.1, -0.05) is 15.9 Å². The Morgan fingerprint density at radius 2 is 1.65 bits per heavy atom. The Morgan fingerprint density at radius 3 is 2.13 bits per heavy atom. The number of hydrogen-bond acceptors (Lipinski definition) is 7. The summed E-state index contributed by atoms with van der Waals surface area (Å²) in [4.78, 5) is 45.9. The molecule has 1 fully saturated rings. The average Bonchev–Trinajstić information content (AvgIpc) is 3.17. The molecule has 2 aromatic rings. The minimum absolute atomic E-state index is 0.0615. The van der Waals surface area contributed by atoms with Gasteiger partial charge in [0.25, 0.3) is 5.69 Å². The van der Waals surface area contributed by atoms with Crippen molar-refractivity contribution in [2.75, 3.05) is 25.7 Å². The van der Waals surface area contributed by atoms with Gasteiger partial charge in [-0.2, -0.15) is 0 Å². The van der Waals surface area contributed by atoms with Gasteiger partial charge in [-0.25, -0.2) is 9.59 Å². The number of halogens is 1. The van der Waals surface area contributed by atoms with E-state index in [0.29, 0.717) is 30.6 Å². The normalized spacial score (nSPS) is 12.6. The molecule has 0 atom stereocenters. The van der Waals surface area contributed by atoms with E-state index in [0.717, 1.165) is 16.1 Å². The van der Waals surface area contributed by atoms with Crippen LogP contribution in [0.2, 0.25) is 0 Å². The van der Waals surface area contributed by atoms with Gasteiger partial charge in [0.1, 0.15) is 0 Å². The zero-order valence-corrected chi connectivity index (χ0v) is 18.8. The third-order valence-corrected chi connectivity index (χ3v) is 4.84. The number of aryl methyl sites for hydroxylation is 1. The molecule has 0 bridgehead atoms. The number of rotatable bonds is 4. The summed E-state index contributed by atoms with van der Waals surface area (Å²) in [5, 5.41) is 10.9. The van der Waals surface area contributed by atoms with E-state index in [-0.39, 0.29) is 23.1 Å². The van der Waals surface area contributed by atoms with E-state index in [1.54, 1.807) is 12.1 Å². The largest absolute Gasteiger partial charge is 0.465 e. The summed E-state index contributed by atoms with van der Waals surface area (Å²) in [5.41, 5.74) is 1.79. The van der Waals surface area contributed by atoms with Gasteiger partial charge in [-0.3, -0.25) is 14.9 Å². The molecule has 9 nitrogen and oxygen atoms in total. The Morgan fingerprint density at radius 1 is 1.03 bits per heavy atom. The smallest absolute Gasteiger partial charge is 0.338 e. The molecule has 0 N–H and O–H groups in total. The Kier molecular flexibility index (Phi) is 8.26. The van der Waals surface area contributed by atoms with Crippen molar-refractivity contribution in [3.63, 3.8) is 0 Å². The third-order valence-electron chi connectivity index (χ3n) is 4.38. The van der Waals surface area contributed by atoms with Crippen molar-refractivity contribution in [2.24, 2.45) is 0 Å². The predicted octanol–water partition coefficient (Wildman–Crippen LogP) is 4.05. The molecule has 0 radical (unpaired) electrons. The molecule has 1 aliphatic heterocycles. The number of methoxy groups -OCH3 is 2. The zero-order chi connectivity index (χ0) is 23.1. The Labute approximate surface area is 187 Å². The van der Waals surface area contributed by atoms with Crippen molar-refractivity contribution >= 4 is 45.2 Å². The second kappa shape index (κ2) is 10.7. The molecule has 10 heteroatoms. The fourth-order valence-electron chi connectivity index (χ4n) is 2.99. The number of non-ortho nitro benzene ring substituents is 1. The summed E-state index contributed by atoms with van der Waals surface area (Å²) in [6.45, 7) is 2.43. The first-order valence-corrected chi connectivity index (χ1v) is 9.99. The minimum atomic E-state index is -0.670. The van der Waals surface area contributed by atoms with Gasteiger partial charge < -0.3 is 14.4 Å². The van der Waals surface area contributed by atoms with E-state index in [1.807, 2.05) is 13.0 Å². The maximum absolute atomic E-state index is 11.6. The van der Waals surface area contributed by atoms with E-state index >= 15 is 0 Å². The Hall–Kier alpha value is -3.27. The second-order valence-electron chi connectivity index (χ2n) is 6.64. The Bertz CT molecular complexity index is 1000. The van der Waals surface area contributed by atoms with Crippen LogP contribution in [0.3, 0.4) is 0 Å². The first-order valence-electron chi connectivity index (χ1n) is 9.20. The van der Waals surface area contributed by atoms with E-state index in [9.17, 15) is 24.5 Å². The van der Waals surface area contributed by atoms with Crippen LogP contribution in [0.5, 0.6) is 0 Å². The fraction of sp³-hybridized carbons (Fsp3) is 0.286. The van der Waals surface area contributed by atoms with Crippen molar-refractivity contribution in [1.29, 1.82) is 0 Å². The van der Waals surface area contributed by atoms with Crippen molar-refractivity contribution in [3.05, 3.63) is 67.7 Å². The number of esters is 2. The van der Waals surface area contributed by atoms with Gasteiger partial charge in [-0.05, 0) is 43.2 Å². The van der Waals surface area contributed by atoms with Gasteiger partial charge >= 0.3 is 11.9 Å². The molecule has 164 valence electrons. The highest BCUT2D eigenvalue weighted by atomic mass is 79.9. The molecule has 0 unspecified atom stereocenters. The van der Waals surface area contributed by atoms with Crippen LogP contribution < -0.4 is 4.90 Å². The number of nitro groups is 1. The molecule has 0 spiro atoms. The first kappa shape index (κ1) is 24.0. The summed E-state index contributed by atoms with van der Waals surface area (Å²) in [6.07, 6.45) is 1.12. The summed E-state index contributed by atoms with van der Waals surface area (Å²) < 4.78 is 10.0.